The number of carbonyl (C=O) groups excluding carboxylic acids is 2. The van der Waals surface area contributed by atoms with E-state index in [2.05, 4.69) is 50.6 Å². The number of carbonyl (C=O) groups is 2. The number of primary amides is 2. The molecule has 0 aliphatic heterocycles. The zero-order valence-electron chi connectivity index (χ0n) is 12.1. The molecule has 0 atom stereocenters. The van der Waals surface area contributed by atoms with Crippen molar-refractivity contribution >= 4 is 35.7 Å². The van der Waals surface area contributed by atoms with E-state index in [0.29, 0.717) is 0 Å². The van der Waals surface area contributed by atoms with Gasteiger partial charge in [0.05, 0.1) is 0 Å². The Morgan fingerprint density at radius 2 is 1.06 bits per heavy atom. The zero-order valence-corrected chi connectivity index (χ0v) is 14.9. The molecule has 0 spiro atoms. The molecule has 0 aliphatic carbocycles. The fourth-order valence-electron chi connectivity index (χ4n) is 0.854. The molecule has 0 heterocycles. The van der Waals surface area contributed by atoms with Crippen molar-refractivity contribution in [1.29, 1.82) is 0 Å². The SMILES string of the molecule is CCCCCCCC.NC(=O)S.NC(=O)S.[H-].[Na+]. The van der Waals surface area contributed by atoms with Crippen molar-refractivity contribution < 1.29 is 40.6 Å². The molecule has 0 unspecified atom stereocenters. The Labute approximate surface area is 139 Å². The second-order valence-electron chi connectivity index (χ2n) is 3.09. The third-order valence-electron chi connectivity index (χ3n) is 1.46. The van der Waals surface area contributed by atoms with E-state index in [0.717, 1.165) is 0 Å². The second kappa shape index (κ2) is 25.5. The molecule has 4 nitrogen and oxygen atoms in total. The van der Waals surface area contributed by atoms with E-state index >= 15 is 0 Å². The summed E-state index contributed by atoms with van der Waals surface area (Å²) in [5, 5.41) is -1.28. The number of hydrogen-bond acceptors (Lipinski definition) is 2. The van der Waals surface area contributed by atoms with Crippen LogP contribution in [-0.2, 0) is 0 Å². The predicted molar refractivity (Wildman–Crippen MR) is 77.3 cm³/mol. The molecular weight excluding hydrogens is 267 g/mol. The number of thiol groups is 2. The van der Waals surface area contributed by atoms with Crippen LogP contribution in [0.4, 0.5) is 9.59 Å². The summed E-state index contributed by atoms with van der Waals surface area (Å²) in [5.74, 6) is 0. The van der Waals surface area contributed by atoms with Crippen molar-refractivity contribution in [2.24, 2.45) is 11.5 Å². The molecular formula is C10H25N2NaO2S2. The minimum absolute atomic E-state index is 0. The van der Waals surface area contributed by atoms with Crippen LogP contribution in [0.5, 0.6) is 0 Å². The van der Waals surface area contributed by atoms with E-state index in [1.165, 1.54) is 38.5 Å². The molecule has 17 heavy (non-hydrogen) atoms. The summed E-state index contributed by atoms with van der Waals surface area (Å²) in [6, 6.07) is 0. The van der Waals surface area contributed by atoms with Gasteiger partial charge in [-0.05, 0) is 0 Å². The molecule has 0 rings (SSSR count). The molecule has 2 amide bonds. The summed E-state index contributed by atoms with van der Waals surface area (Å²) in [6.45, 7) is 4.51. The Morgan fingerprint density at radius 1 is 0.882 bits per heavy atom. The largest absolute Gasteiger partial charge is 1.00 e. The van der Waals surface area contributed by atoms with Gasteiger partial charge in [0.1, 0.15) is 0 Å². The number of hydrogen-bond donors (Lipinski definition) is 4. The summed E-state index contributed by atoms with van der Waals surface area (Å²) >= 11 is 6.21. The quantitative estimate of drug-likeness (QED) is 0.337. The molecule has 0 bridgehead atoms. The van der Waals surface area contributed by atoms with Crippen LogP contribution in [0.3, 0.4) is 0 Å². The van der Waals surface area contributed by atoms with Gasteiger partial charge in [-0.3, -0.25) is 9.59 Å². The van der Waals surface area contributed by atoms with Crippen molar-refractivity contribution in [3.05, 3.63) is 0 Å². The van der Waals surface area contributed by atoms with Gasteiger partial charge < -0.3 is 12.9 Å². The Hall–Kier alpha value is 0.640. The number of nitrogens with two attached hydrogens (primary N) is 2. The standard InChI is InChI=1S/C8H18.2CH3NOS.Na.H/c1-3-5-7-8-6-4-2;2*2-1(3)4;;/h3-8H2,1-2H3;2*(H3,2,3,4);;/q;;;+1;-1. The normalized spacial score (nSPS) is 7.53. The van der Waals surface area contributed by atoms with Crippen LogP contribution in [0.15, 0.2) is 0 Å². The number of amides is 2. The van der Waals surface area contributed by atoms with Crippen LogP contribution in [-0.4, -0.2) is 10.5 Å². The molecule has 4 N–H and O–H groups in total. The fraction of sp³-hybridized carbons (Fsp3) is 0.800. The third kappa shape index (κ3) is 112. The maximum Gasteiger partial charge on any atom is 1.00 e. The van der Waals surface area contributed by atoms with E-state index in [4.69, 9.17) is 9.59 Å². The van der Waals surface area contributed by atoms with Gasteiger partial charge in [-0.25, -0.2) is 0 Å². The Balaban J connectivity index is -0.0000000489. The van der Waals surface area contributed by atoms with E-state index in [1.807, 2.05) is 0 Å². The van der Waals surface area contributed by atoms with Gasteiger partial charge >= 0.3 is 29.6 Å². The van der Waals surface area contributed by atoms with E-state index in [9.17, 15) is 0 Å². The zero-order chi connectivity index (χ0) is 13.4. The van der Waals surface area contributed by atoms with Crippen molar-refractivity contribution in [2.75, 3.05) is 0 Å². The first kappa shape index (κ1) is 26.3. The van der Waals surface area contributed by atoms with Crippen molar-refractivity contribution in [2.45, 2.75) is 52.4 Å². The third-order valence-corrected chi connectivity index (χ3v) is 1.46. The minimum Gasteiger partial charge on any atom is -1.00 e. The first-order chi connectivity index (χ1) is 7.38. The Bertz CT molecular complexity index is 152. The van der Waals surface area contributed by atoms with Gasteiger partial charge in [0.25, 0.3) is 10.5 Å². The molecule has 0 aromatic heterocycles. The fourth-order valence-corrected chi connectivity index (χ4v) is 0.854. The van der Waals surface area contributed by atoms with Crippen LogP contribution in [0.1, 0.15) is 53.8 Å². The maximum atomic E-state index is 9.09. The van der Waals surface area contributed by atoms with Crippen LogP contribution in [0.25, 0.3) is 0 Å². The van der Waals surface area contributed by atoms with Crippen molar-refractivity contribution in [1.82, 2.24) is 0 Å². The molecule has 0 aromatic rings. The molecule has 0 aliphatic rings. The Morgan fingerprint density at radius 3 is 1.18 bits per heavy atom. The molecule has 100 valence electrons. The molecule has 7 heteroatoms. The first-order valence-electron chi connectivity index (χ1n) is 5.35. The van der Waals surface area contributed by atoms with Gasteiger partial charge in [0.15, 0.2) is 0 Å². The van der Waals surface area contributed by atoms with Crippen molar-refractivity contribution in [3.8, 4) is 0 Å². The van der Waals surface area contributed by atoms with Crippen LogP contribution in [0, 0.1) is 0 Å². The maximum absolute atomic E-state index is 9.09. The first-order valence-corrected chi connectivity index (χ1v) is 6.24. The van der Waals surface area contributed by atoms with Crippen LogP contribution in [0.2, 0.25) is 0 Å². The second-order valence-corrected chi connectivity index (χ2v) is 3.97. The summed E-state index contributed by atoms with van der Waals surface area (Å²) in [5.41, 5.74) is 8.67. The number of rotatable bonds is 5. The van der Waals surface area contributed by atoms with E-state index in [1.54, 1.807) is 0 Å². The smallest absolute Gasteiger partial charge is 1.00 e. The summed E-state index contributed by atoms with van der Waals surface area (Å²) in [4.78, 5) is 18.2. The minimum atomic E-state index is -0.639. The molecule has 0 radical (unpaired) electrons. The van der Waals surface area contributed by atoms with Gasteiger partial charge in [-0.1, -0.05) is 77.6 Å². The summed E-state index contributed by atoms with van der Waals surface area (Å²) in [6.07, 6.45) is 8.49. The summed E-state index contributed by atoms with van der Waals surface area (Å²) in [7, 11) is 0. The van der Waals surface area contributed by atoms with Crippen LogP contribution < -0.4 is 41.0 Å². The van der Waals surface area contributed by atoms with Crippen LogP contribution >= 0.6 is 25.3 Å². The number of unbranched alkanes of at least 4 members (excludes halogenated alkanes) is 5. The topological polar surface area (TPSA) is 86.2 Å². The average Bonchev–Trinajstić information content (AvgIpc) is 2.11. The summed E-state index contributed by atoms with van der Waals surface area (Å²) < 4.78 is 0. The molecule has 0 saturated carbocycles. The predicted octanol–water partition coefficient (Wildman–Crippen LogP) is 0.473. The Kier molecular flexibility index (Phi) is 39.3. The van der Waals surface area contributed by atoms with Gasteiger partial charge in [0, 0.05) is 0 Å². The molecule has 0 aromatic carbocycles. The van der Waals surface area contributed by atoms with Gasteiger partial charge in [0.2, 0.25) is 0 Å². The van der Waals surface area contributed by atoms with Gasteiger partial charge in [-0.15, -0.1) is 0 Å². The van der Waals surface area contributed by atoms with Crippen molar-refractivity contribution in [3.63, 3.8) is 0 Å². The van der Waals surface area contributed by atoms with Gasteiger partial charge in [-0.2, -0.15) is 0 Å². The van der Waals surface area contributed by atoms with E-state index in [-0.39, 0.29) is 31.0 Å². The molecule has 0 fully saturated rings. The molecule has 0 saturated heterocycles. The monoisotopic (exact) mass is 292 g/mol. The average molecular weight is 292 g/mol. The van der Waals surface area contributed by atoms with E-state index < -0.39 is 10.5 Å².